The van der Waals surface area contributed by atoms with Crippen molar-refractivity contribution in [2.24, 2.45) is 5.92 Å². The number of rotatable bonds is 4. The van der Waals surface area contributed by atoms with Crippen molar-refractivity contribution in [1.82, 2.24) is 19.3 Å². The standard InChI is InChI=1S/C15H18ClF3N4/c1-2-3-10-4-5-22(7-10)9-12-13(15(17,18)19)21-14-20-6-11(16)8-23(12)14/h6,8,10H,2-5,7,9H2,1H3. The van der Waals surface area contributed by atoms with Crippen LogP contribution < -0.4 is 0 Å². The number of imidazole rings is 1. The van der Waals surface area contributed by atoms with Gasteiger partial charge in [-0.2, -0.15) is 13.2 Å². The molecule has 2 aromatic heterocycles. The third-order valence-corrected chi connectivity index (χ3v) is 4.45. The number of hydrogen-bond acceptors (Lipinski definition) is 3. The van der Waals surface area contributed by atoms with E-state index in [9.17, 15) is 13.2 Å². The van der Waals surface area contributed by atoms with Crippen LogP contribution in [0.2, 0.25) is 5.02 Å². The van der Waals surface area contributed by atoms with Crippen LogP contribution in [0.1, 0.15) is 37.6 Å². The van der Waals surface area contributed by atoms with E-state index < -0.39 is 11.9 Å². The van der Waals surface area contributed by atoms with Crippen LogP contribution in [0, 0.1) is 5.92 Å². The number of likely N-dealkylation sites (tertiary alicyclic amines) is 1. The lowest BCUT2D eigenvalue weighted by molar-refractivity contribution is -0.141. The zero-order chi connectivity index (χ0) is 16.6. The summed E-state index contributed by atoms with van der Waals surface area (Å²) in [5.41, 5.74) is -0.758. The average Bonchev–Trinajstić information content (AvgIpc) is 3.04. The van der Waals surface area contributed by atoms with Crippen LogP contribution in [0.4, 0.5) is 13.2 Å². The molecule has 0 N–H and O–H groups in total. The van der Waals surface area contributed by atoms with E-state index in [1.54, 1.807) is 0 Å². The van der Waals surface area contributed by atoms with Gasteiger partial charge in [0, 0.05) is 19.3 Å². The van der Waals surface area contributed by atoms with Crippen molar-refractivity contribution in [2.75, 3.05) is 13.1 Å². The molecule has 1 aliphatic rings. The van der Waals surface area contributed by atoms with Gasteiger partial charge in [-0.1, -0.05) is 24.9 Å². The van der Waals surface area contributed by atoms with Gasteiger partial charge in [-0.3, -0.25) is 9.30 Å². The van der Waals surface area contributed by atoms with Gasteiger partial charge in [0.05, 0.1) is 16.9 Å². The lowest BCUT2D eigenvalue weighted by Crippen LogP contribution is -2.23. The molecule has 0 amide bonds. The fourth-order valence-corrected chi connectivity index (χ4v) is 3.39. The fourth-order valence-electron chi connectivity index (χ4n) is 3.25. The first-order chi connectivity index (χ1) is 10.9. The third-order valence-electron chi connectivity index (χ3n) is 4.26. The monoisotopic (exact) mass is 346 g/mol. The highest BCUT2D eigenvalue weighted by Crippen LogP contribution is 2.33. The van der Waals surface area contributed by atoms with E-state index in [1.165, 1.54) is 16.8 Å². The molecule has 0 radical (unpaired) electrons. The Hall–Kier alpha value is -1.34. The molecule has 2 aromatic rings. The second-order valence-electron chi connectivity index (χ2n) is 6.03. The van der Waals surface area contributed by atoms with Gasteiger partial charge < -0.3 is 0 Å². The molecule has 3 rings (SSSR count). The molecule has 0 aliphatic carbocycles. The average molecular weight is 347 g/mol. The topological polar surface area (TPSA) is 33.4 Å². The van der Waals surface area contributed by atoms with Gasteiger partial charge in [-0.25, -0.2) is 9.97 Å². The number of halogens is 4. The van der Waals surface area contributed by atoms with Crippen LogP contribution in [0.5, 0.6) is 0 Å². The molecule has 8 heteroatoms. The summed E-state index contributed by atoms with van der Waals surface area (Å²) in [5, 5.41) is 0.287. The maximum Gasteiger partial charge on any atom is 0.435 e. The number of alkyl halides is 3. The van der Waals surface area contributed by atoms with Gasteiger partial charge in [0.15, 0.2) is 5.69 Å². The minimum atomic E-state index is -4.50. The highest BCUT2D eigenvalue weighted by molar-refractivity contribution is 6.30. The maximum atomic E-state index is 13.3. The molecule has 1 aliphatic heterocycles. The Morgan fingerprint density at radius 3 is 2.87 bits per heavy atom. The molecule has 4 nitrogen and oxygen atoms in total. The quantitative estimate of drug-likeness (QED) is 0.838. The molecule has 0 saturated carbocycles. The van der Waals surface area contributed by atoms with Crippen molar-refractivity contribution >= 4 is 17.4 Å². The van der Waals surface area contributed by atoms with Crippen molar-refractivity contribution in [3.05, 3.63) is 28.8 Å². The predicted octanol–water partition coefficient (Wildman–Crippen LogP) is 4.02. The predicted molar refractivity (Wildman–Crippen MR) is 81.3 cm³/mol. The molecule has 3 heterocycles. The van der Waals surface area contributed by atoms with Crippen molar-refractivity contribution in [1.29, 1.82) is 0 Å². The van der Waals surface area contributed by atoms with E-state index in [4.69, 9.17) is 11.6 Å². The normalized spacial score (nSPS) is 19.8. The largest absolute Gasteiger partial charge is 0.435 e. The van der Waals surface area contributed by atoms with E-state index >= 15 is 0 Å². The second-order valence-corrected chi connectivity index (χ2v) is 6.46. The molecule has 126 valence electrons. The first kappa shape index (κ1) is 16.5. The first-order valence-corrected chi connectivity index (χ1v) is 8.08. The zero-order valence-electron chi connectivity index (χ0n) is 12.8. The van der Waals surface area contributed by atoms with Gasteiger partial charge >= 0.3 is 6.18 Å². The van der Waals surface area contributed by atoms with Gasteiger partial charge in [-0.05, 0) is 25.3 Å². The molecule has 0 spiro atoms. The van der Waals surface area contributed by atoms with Gasteiger partial charge in [-0.15, -0.1) is 0 Å². The molecule has 1 unspecified atom stereocenters. The van der Waals surface area contributed by atoms with Crippen molar-refractivity contribution in [2.45, 2.75) is 38.9 Å². The minimum absolute atomic E-state index is 0.0287. The summed E-state index contributed by atoms with van der Waals surface area (Å²) in [6.45, 7) is 3.97. The smallest absolute Gasteiger partial charge is 0.297 e. The third kappa shape index (κ3) is 3.45. The Balaban J connectivity index is 1.93. The Bertz CT molecular complexity index is 698. The van der Waals surface area contributed by atoms with Crippen molar-refractivity contribution in [3.63, 3.8) is 0 Å². The van der Waals surface area contributed by atoms with Gasteiger partial charge in [0.2, 0.25) is 5.78 Å². The van der Waals surface area contributed by atoms with Crippen LogP contribution >= 0.6 is 11.6 Å². The van der Waals surface area contributed by atoms with E-state index in [2.05, 4.69) is 21.8 Å². The first-order valence-electron chi connectivity index (χ1n) is 7.70. The summed E-state index contributed by atoms with van der Waals surface area (Å²) in [7, 11) is 0. The molecule has 1 saturated heterocycles. The van der Waals surface area contributed by atoms with Crippen molar-refractivity contribution < 1.29 is 13.2 Å². The highest BCUT2D eigenvalue weighted by atomic mass is 35.5. The summed E-state index contributed by atoms with van der Waals surface area (Å²) < 4.78 is 41.3. The summed E-state index contributed by atoms with van der Waals surface area (Å²) in [5.74, 6) is 0.594. The summed E-state index contributed by atoms with van der Waals surface area (Å²) >= 11 is 5.89. The van der Waals surface area contributed by atoms with E-state index in [1.807, 2.05) is 0 Å². The number of nitrogens with zero attached hydrogens (tertiary/aromatic N) is 4. The lowest BCUT2D eigenvalue weighted by atomic mass is 10.0. The van der Waals surface area contributed by atoms with E-state index in [0.717, 1.165) is 32.4 Å². The Morgan fingerprint density at radius 1 is 1.39 bits per heavy atom. The number of aromatic nitrogens is 3. The van der Waals surface area contributed by atoms with Crippen LogP contribution in [0.25, 0.3) is 5.78 Å². The van der Waals surface area contributed by atoms with Crippen molar-refractivity contribution in [3.8, 4) is 0 Å². The van der Waals surface area contributed by atoms with E-state index in [-0.39, 0.29) is 23.0 Å². The molecule has 1 atom stereocenters. The molecule has 0 bridgehead atoms. The molecule has 1 fully saturated rings. The van der Waals surface area contributed by atoms with Crippen LogP contribution in [-0.4, -0.2) is 32.4 Å². The number of fused-ring (bicyclic) bond motifs is 1. The molecular weight excluding hydrogens is 329 g/mol. The lowest BCUT2D eigenvalue weighted by Gasteiger charge is -2.17. The fraction of sp³-hybridized carbons (Fsp3) is 0.600. The SMILES string of the molecule is CCCC1CCN(Cc2c(C(F)(F)F)nc3ncc(Cl)cn23)C1. The molecule has 23 heavy (non-hydrogen) atoms. The zero-order valence-corrected chi connectivity index (χ0v) is 13.5. The van der Waals surface area contributed by atoms with Crippen LogP contribution in [0.3, 0.4) is 0 Å². The summed E-state index contributed by atoms with van der Waals surface area (Å²) in [4.78, 5) is 9.62. The van der Waals surface area contributed by atoms with Gasteiger partial charge in [0.25, 0.3) is 0 Å². The number of hydrogen-bond donors (Lipinski definition) is 0. The van der Waals surface area contributed by atoms with Crippen LogP contribution in [0.15, 0.2) is 12.4 Å². The molecular formula is C15H18ClF3N4. The highest BCUT2D eigenvalue weighted by Gasteiger charge is 2.39. The van der Waals surface area contributed by atoms with Crippen LogP contribution in [-0.2, 0) is 12.7 Å². The molecule has 0 aromatic carbocycles. The van der Waals surface area contributed by atoms with Gasteiger partial charge in [0.1, 0.15) is 0 Å². The minimum Gasteiger partial charge on any atom is -0.297 e. The summed E-state index contributed by atoms with van der Waals surface area (Å²) in [6.07, 6.45) is 1.50. The Morgan fingerprint density at radius 2 is 2.17 bits per heavy atom. The Labute approximate surface area is 137 Å². The summed E-state index contributed by atoms with van der Waals surface area (Å²) in [6, 6.07) is 0. The van der Waals surface area contributed by atoms with E-state index in [0.29, 0.717) is 5.92 Å². The second kappa shape index (κ2) is 6.28. The Kier molecular flexibility index (Phi) is 4.51. The maximum absolute atomic E-state index is 13.3.